The number of aromatic nitrogens is 2. The molecule has 1 amide bonds. The Morgan fingerprint density at radius 2 is 2.00 bits per heavy atom. The number of carbonyl (C=O) groups excluding carboxylic acids is 1. The van der Waals surface area contributed by atoms with Crippen LogP contribution in [0.3, 0.4) is 0 Å². The van der Waals surface area contributed by atoms with Crippen LogP contribution in [0, 0.1) is 13.8 Å². The van der Waals surface area contributed by atoms with E-state index in [0.717, 1.165) is 52.8 Å². The summed E-state index contributed by atoms with van der Waals surface area (Å²) in [5.74, 6) is 0.617. The number of benzene rings is 2. The number of nitrogens with zero attached hydrogens (tertiary/aromatic N) is 2. The molecule has 0 saturated carbocycles. The van der Waals surface area contributed by atoms with Crippen LogP contribution in [0.2, 0.25) is 5.02 Å². The zero-order valence-corrected chi connectivity index (χ0v) is 21.5. The Kier molecular flexibility index (Phi) is 6.38. The molecular weight excluding hydrogens is 482 g/mol. The normalized spacial score (nSPS) is 13.0. The second-order valence-electron chi connectivity index (χ2n) is 8.94. The van der Waals surface area contributed by atoms with E-state index in [2.05, 4.69) is 5.32 Å². The lowest BCUT2D eigenvalue weighted by molar-refractivity contribution is -0.116. The van der Waals surface area contributed by atoms with E-state index in [-0.39, 0.29) is 18.0 Å². The minimum atomic E-state index is -0.341. The van der Waals surface area contributed by atoms with Gasteiger partial charge < -0.3 is 10.1 Å². The summed E-state index contributed by atoms with van der Waals surface area (Å²) in [5.41, 5.74) is 4.12. The molecule has 0 unspecified atom stereocenters. The summed E-state index contributed by atoms with van der Waals surface area (Å²) in [5, 5.41) is 4.10. The molecule has 2 aromatic carbocycles. The highest BCUT2D eigenvalue weighted by atomic mass is 35.5. The Morgan fingerprint density at radius 1 is 1.20 bits per heavy atom. The van der Waals surface area contributed by atoms with Gasteiger partial charge >= 0.3 is 0 Å². The fraction of sp³-hybridized carbons (Fsp3) is 0.296. The molecule has 5 rings (SSSR count). The number of aryl methyl sites for hydroxylation is 4. The van der Waals surface area contributed by atoms with Crippen LogP contribution in [0.15, 0.2) is 41.2 Å². The van der Waals surface area contributed by atoms with Gasteiger partial charge in [-0.25, -0.2) is 4.98 Å². The first kappa shape index (κ1) is 23.6. The van der Waals surface area contributed by atoms with E-state index in [0.29, 0.717) is 27.7 Å². The summed E-state index contributed by atoms with van der Waals surface area (Å²) in [6.07, 6.45) is 4.05. The third-order valence-corrected chi connectivity index (χ3v) is 8.00. The summed E-state index contributed by atoms with van der Waals surface area (Å²) in [7, 11) is 1.52. The minimum absolute atomic E-state index is 0.166. The van der Waals surface area contributed by atoms with Crippen LogP contribution in [0.25, 0.3) is 21.6 Å². The van der Waals surface area contributed by atoms with Crippen LogP contribution in [-0.2, 0) is 24.2 Å². The van der Waals surface area contributed by atoms with Crippen LogP contribution in [0.4, 0.5) is 5.69 Å². The number of fused-ring (bicyclic) bond motifs is 3. The molecule has 0 aliphatic heterocycles. The molecule has 0 spiro atoms. The number of anilines is 1. The first-order valence-corrected chi connectivity index (χ1v) is 12.8. The average molecular weight is 508 g/mol. The number of hydrogen-bond donors (Lipinski definition) is 1. The van der Waals surface area contributed by atoms with Crippen molar-refractivity contribution < 1.29 is 9.53 Å². The number of hydrogen-bond acceptors (Lipinski definition) is 5. The van der Waals surface area contributed by atoms with Crippen LogP contribution in [-0.4, -0.2) is 22.6 Å². The van der Waals surface area contributed by atoms with Gasteiger partial charge in [-0.1, -0.05) is 35.4 Å². The zero-order chi connectivity index (χ0) is 24.7. The molecular formula is C27H26ClN3O3S. The Morgan fingerprint density at radius 3 is 2.77 bits per heavy atom. The van der Waals surface area contributed by atoms with Gasteiger partial charge in [-0.3, -0.25) is 14.2 Å². The summed E-state index contributed by atoms with van der Waals surface area (Å²) in [6, 6.07) is 11.3. The molecule has 1 aliphatic carbocycles. The highest BCUT2D eigenvalue weighted by Crippen LogP contribution is 2.35. The monoisotopic (exact) mass is 507 g/mol. The number of ether oxygens (including phenoxy) is 1. The quantitative estimate of drug-likeness (QED) is 0.364. The summed E-state index contributed by atoms with van der Waals surface area (Å²) < 4.78 is 6.90. The van der Waals surface area contributed by atoms with Crippen molar-refractivity contribution in [1.29, 1.82) is 0 Å². The third kappa shape index (κ3) is 4.46. The van der Waals surface area contributed by atoms with Crippen LogP contribution < -0.4 is 15.6 Å². The van der Waals surface area contributed by atoms with Crippen LogP contribution >= 0.6 is 22.9 Å². The molecule has 8 heteroatoms. The van der Waals surface area contributed by atoms with Crippen molar-refractivity contribution in [3.8, 4) is 17.1 Å². The van der Waals surface area contributed by atoms with Crippen molar-refractivity contribution in [2.75, 3.05) is 12.4 Å². The molecule has 0 saturated heterocycles. The molecule has 0 atom stereocenters. The zero-order valence-electron chi connectivity index (χ0n) is 19.9. The van der Waals surface area contributed by atoms with Gasteiger partial charge in [0.1, 0.15) is 22.9 Å². The Balaban J connectivity index is 1.61. The van der Waals surface area contributed by atoms with Crippen molar-refractivity contribution in [2.45, 2.75) is 46.1 Å². The Hall–Kier alpha value is -3.16. The van der Waals surface area contributed by atoms with E-state index in [1.807, 2.05) is 38.1 Å². The van der Waals surface area contributed by atoms with Gasteiger partial charge in [0.2, 0.25) is 5.91 Å². The van der Waals surface area contributed by atoms with Crippen LogP contribution in [0.1, 0.15) is 34.4 Å². The molecule has 0 radical (unpaired) electrons. The van der Waals surface area contributed by atoms with E-state index >= 15 is 0 Å². The van der Waals surface area contributed by atoms with Crippen molar-refractivity contribution in [3.63, 3.8) is 0 Å². The molecule has 1 aliphatic rings. The van der Waals surface area contributed by atoms with E-state index in [9.17, 15) is 9.59 Å². The smallest absolute Gasteiger partial charge is 0.263 e. The van der Waals surface area contributed by atoms with Gasteiger partial charge in [0, 0.05) is 21.5 Å². The second kappa shape index (κ2) is 9.47. The van der Waals surface area contributed by atoms with Gasteiger partial charge in [0.05, 0.1) is 18.2 Å². The number of methoxy groups -OCH3 is 1. The second-order valence-corrected chi connectivity index (χ2v) is 10.4. The maximum Gasteiger partial charge on any atom is 0.263 e. The third-order valence-electron chi connectivity index (χ3n) is 6.41. The van der Waals surface area contributed by atoms with Gasteiger partial charge in [-0.15, -0.1) is 11.3 Å². The van der Waals surface area contributed by atoms with Gasteiger partial charge in [0.25, 0.3) is 5.56 Å². The number of rotatable bonds is 5. The molecule has 180 valence electrons. The largest absolute Gasteiger partial charge is 0.495 e. The van der Waals surface area contributed by atoms with Crippen LogP contribution in [0.5, 0.6) is 5.75 Å². The Bertz CT molecular complexity index is 1520. The molecule has 1 N–H and O–H groups in total. The number of halogens is 1. The predicted molar refractivity (Wildman–Crippen MR) is 142 cm³/mol. The predicted octanol–water partition coefficient (Wildman–Crippen LogP) is 5.92. The molecule has 0 bridgehead atoms. The highest BCUT2D eigenvalue weighted by Gasteiger charge is 2.24. The molecule has 4 aromatic rings. The molecule has 0 fully saturated rings. The fourth-order valence-corrected chi connectivity index (χ4v) is 6.06. The van der Waals surface area contributed by atoms with E-state index in [4.69, 9.17) is 21.3 Å². The number of thiophene rings is 1. The Labute approximate surface area is 212 Å². The first-order valence-electron chi connectivity index (χ1n) is 11.6. The summed E-state index contributed by atoms with van der Waals surface area (Å²) in [6.45, 7) is 3.69. The maximum atomic E-state index is 13.9. The van der Waals surface area contributed by atoms with Gasteiger partial charge in [0.15, 0.2) is 0 Å². The lowest BCUT2D eigenvalue weighted by atomic mass is 9.97. The van der Waals surface area contributed by atoms with Crippen molar-refractivity contribution in [2.24, 2.45) is 0 Å². The standard InChI is InChI=1S/C27H26ClN3O3S/c1-15-7-6-8-17(11-15)25-30-26-24(18-9-4-5-10-22(18)35-26)27(33)31(25)14-23(32)29-20-12-16(2)19(28)13-21(20)34-3/h6-8,11-13H,4-5,9-10,14H2,1-3H3,(H,29,32). The number of amides is 1. The van der Waals surface area contributed by atoms with Gasteiger partial charge in [-0.05, 0) is 62.8 Å². The van der Waals surface area contributed by atoms with Crippen molar-refractivity contribution in [3.05, 3.63) is 73.3 Å². The topological polar surface area (TPSA) is 73.2 Å². The lowest BCUT2D eigenvalue weighted by Crippen LogP contribution is -2.30. The average Bonchev–Trinajstić information content (AvgIpc) is 3.21. The summed E-state index contributed by atoms with van der Waals surface area (Å²) >= 11 is 7.82. The van der Waals surface area contributed by atoms with E-state index in [1.54, 1.807) is 23.5 Å². The molecule has 6 nitrogen and oxygen atoms in total. The number of nitrogens with one attached hydrogen (secondary N) is 1. The van der Waals surface area contributed by atoms with E-state index < -0.39 is 0 Å². The van der Waals surface area contributed by atoms with E-state index in [1.165, 1.54) is 16.6 Å². The molecule has 2 aromatic heterocycles. The lowest BCUT2D eigenvalue weighted by Gasteiger charge is -2.16. The van der Waals surface area contributed by atoms with Crippen molar-refractivity contribution >= 4 is 44.7 Å². The van der Waals surface area contributed by atoms with Gasteiger partial charge in [-0.2, -0.15) is 0 Å². The minimum Gasteiger partial charge on any atom is -0.495 e. The fourth-order valence-electron chi connectivity index (χ4n) is 4.65. The molecule has 35 heavy (non-hydrogen) atoms. The summed E-state index contributed by atoms with van der Waals surface area (Å²) in [4.78, 5) is 34.0. The van der Waals surface area contributed by atoms with Crippen molar-refractivity contribution in [1.82, 2.24) is 9.55 Å². The molecule has 2 heterocycles. The first-order chi connectivity index (χ1) is 16.9. The SMILES string of the molecule is COc1cc(Cl)c(C)cc1NC(=O)Cn1c(-c2cccc(C)c2)nc2sc3c(c2c1=O)CCCC3. The number of carbonyl (C=O) groups is 1. The highest BCUT2D eigenvalue weighted by molar-refractivity contribution is 7.18. The maximum absolute atomic E-state index is 13.9.